The SMILES string of the molecule is NC(N)=Nc1ccc(OC(=O)c2cc3ccccc3cc2O)cn1. The highest BCUT2D eigenvalue weighted by Crippen LogP contribution is 2.26. The molecule has 5 N–H and O–H groups in total. The van der Waals surface area contributed by atoms with Gasteiger partial charge in [-0.2, -0.15) is 4.99 Å². The number of hydrogen-bond acceptors (Lipinski definition) is 5. The Morgan fingerprint density at radius 2 is 1.79 bits per heavy atom. The van der Waals surface area contributed by atoms with Crippen LogP contribution in [-0.4, -0.2) is 22.0 Å². The number of aromatic nitrogens is 1. The van der Waals surface area contributed by atoms with Crippen molar-refractivity contribution in [2.45, 2.75) is 0 Å². The van der Waals surface area contributed by atoms with Crippen LogP contribution >= 0.6 is 0 Å². The molecule has 2 aromatic carbocycles. The molecule has 3 rings (SSSR count). The molecule has 0 aliphatic rings. The summed E-state index contributed by atoms with van der Waals surface area (Å²) in [5, 5.41) is 11.7. The summed E-state index contributed by atoms with van der Waals surface area (Å²) in [7, 11) is 0. The second-order valence-corrected chi connectivity index (χ2v) is 4.99. The summed E-state index contributed by atoms with van der Waals surface area (Å²) >= 11 is 0. The van der Waals surface area contributed by atoms with Crippen molar-refractivity contribution in [2.75, 3.05) is 0 Å². The maximum absolute atomic E-state index is 12.3. The van der Waals surface area contributed by atoms with Crippen molar-refractivity contribution >= 4 is 28.5 Å². The van der Waals surface area contributed by atoms with E-state index in [1.165, 1.54) is 24.4 Å². The molecule has 1 heterocycles. The van der Waals surface area contributed by atoms with Crippen molar-refractivity contribution in [3.63, 3.8) is 0 Å². The molecule has 24 heavy (non-hydrogen) atoms. The molecule has 0 unspecified atom stereocenters. The van der Waals surface area contributed by atoms with Crippen LogP contribution in [-0.2, 0) is 0 Å². The summed E-state index contributed by atoms with van der Waals surface area (Å²) in [6.45, 7) is 0. The van der Waals surface area contributed by atoms with Crippen molar-refractivity contribution in [1.82, 2.24) is 4.98 Å². The van der Waals surface area contributed by atoms with Crippen molar-refractivity contribution in [3.8, 4) is 11.5 Å². The fourth-order valence-electron chi connectivity index (χ4n) is 2.19. The number of nitrogens with two attached hydrogens (primary N) is 2. The third-order valence-corrected chi connectivity index (χ3v) is 3.26. The molecule has 0 saturated carbocycles. The first-order valence-electron chi connectivity index (χ1n) is 7.02. The summed E-state index contributed by atoms with van der Waals surface area (Å²) < 4.78 is 5.22. The monoisotopic (exact) mass is 322 g/mol. The van der Waals surface area contributed by atoms with Crippen LogP contribution in [0.5, 0.6) is 11.5 Å². The molecule has 0 radical (unpaired) electrons. The molecular formula is C17H14N4O3. The number of esters is 1. The summed E-state index contributed by atoms with van der Waals surface area (Å²) in [6, 6.07) is 13.5. The van der Waals surface area contributed by atoms with Gasteiger partial charge in [0.1, 0.15) is 17.1 Å². The van der Waals surface area contributed by atoms with Crippen molar-refractivity contribution in [2.24, 2.45) is 16.5 Å². The second kappa shape index (κ2) is 6.25. The molecule has 3 aromatic rings. The van der Waals surface area contributed by atoms with E-state index in [0.29, 0.717) is 5.82 Å². The Kier molecular flexibility index (Phi) is 3.98. The van der Waals surface area contributed by atoms with Gasteiger partial charge in [0.05, 0.1) is 6.20 Å². The number of phenolic OH excluding ortho intramolecular Hbond substituents is 1. The van der Waals surface area contributed by atoms with Crippen molar-refractivity contribution in [1.29, 1.82) is 0 Å². The molecular weight excluding hydrogens is 308 g/mol. The number of carbonyl (C=O) groups is 1. The number of benzene rings is 2. The van der Waals surface area contributed by atoms with Gasteiger partial charge in [0.15, 0.2) is 11.8 Å². The lowest BCUT2D eigenvalue weighted by atomic mass is 10.1. The van der Waals surface area contributed by atoms with Crippen LogP contribution in [0.4, 0.5) is 5.82 Å². The molecule has 0 aliphatic heterocycles. The number of aliphatic imine (C=N–C) groups is 1. The Labute approximate surface area is 137 Å². The van der Waals surface area contributed by atoms with Crippen LogP contribution in [0, 0.1) is 0 Å². The molecule has 0 atom stereocenters. The molecule has 7 nitrogen and oxygen atoms in total. The number of nitrogens with zero attached hydrogens (tertiary/aromatic N) is 2. The minimum absolute atomic E-state index is 0.0713. The van der Waals surface area contributed by atoms with Gasteiger partial charge in [-0.25, -0.2) is 9.78 Å². The van der Waals surface area contributed by atoms with Gasteiger partial charge >= 0.3 is 5.97 Å². The summed E-state index contributed by atoms with van der Waals surface area (Å²) in [6.07, 6.45) is 1.32. The van der Waals surface area contributed by atoms with Crippen LogP contribution in [0.1, 0.15) is 10.4 Å². The summed E-state index contributed by atoms with van der Waals surface area (Å²) in [5.41, 5.74) is 10.6. The van der Waals surface area contributed by atoms with Gasteiger partial charge in [-0.05, 0) is 35.0 Å². The molecule has 0 amide bonds. The molecule has 0 aliphatic carbocycles. The van der Waals surface area contributed by atoms with E-state index in [2.05, 4.69) is 9.98 Å². The highest BCUT2D eigenvalue weighted by Gasteiger charge is 2.15. The van der Waals surface area contributed by atoms with E-state index < -0.39 is 5.97 Å². The van der Waals surface area contributed by atoms with Gasteiger partial charge in [-0.15, -0.1) is 0 Å². The number of phenols is 1. The predicted molar refractivity (Wildman–Crippen MR) is 90.3 cm³/mol. The van der Waals surface area contributed by atoms with Gasteiger partial charge in [0.2, 0.25) is 0 Å². The fourth-order valence-corrected chi connectivity index (χ4v) is 2.19. The Bertz CT molecular complexity index is 932. The lowest BCUT2D eigenvalue weighted by Gasteiger charge is -2.07. The fraction of sp³-hybridized carbons (Fsp3) is 0. The zero-order chi connectivity index (χ0) is 17.1. The van der Waals surface area contributed by atoms with Gasteiger partial charge in [-0.1, -0.05) is 24.3 Å². The third-order valence-electron chi connectivity index (χ3n) is 3.26. The number of aromatic hydroxyl groups is 1. The molecule has 1 aromatic heterocycles. The highest BCUT2D eigenvalue weighted by molar-refractivity contribution is 5.99. The Morgan fingerprint density at radius 1 is 1.08 bits per heavy atom. The maximum atomic E-state index is 12.3. The number of hydrogen-bond donors (Lipinski definition) is 3. The molecule has 7 heteroatoms. The minimum atomic E-state index is -0.686. The molecule has 120 valence electrons. The van der Waals surface area contributed by atoms with Crippen LogP contribution < -0.4 is 16.2 Å². The van der Waals surface area contributed by atoms with Gasteiger partial charge in [0, 0.05) is 0 Å². The Hall–Kier alpha value is -3.61. The third kappa shape index (κ3) is 3.25. The average molecular weight is 322 g/mol. The number of ether oxygens (including phenoxy) is 1. The zero-order valence-electron chi connectivity index (χ0n) is 12.5. The zero-order valence-corrected chi connectivity index (χ0v) is 12.5. The second-order valence-electron chi connectivity index (χ2n) is 4.99. The van der Waals surface area contributed by atoms with Crippen LogP contribution in [0.25, 0.3) is 10.8 Å². The molecule has 0 spiro atoms. The van der Waals surface area contributed by atoms with E-state index >= 15 is 0 Å². The quantitative estimate of drug-likeness (QED) is 0.385. The summed E-state index contributed by atoms with van der Waals surface area (Å²) in [5.74, 6) is -0.447. The number of guanidine groups is 1. The number of carbonyl (C=O) groups excluding carboxylic acids is 1. The molecule has 0 fully saturated rings. The molecule has 0 saturated heterocycles. The van der Waals surface area contributed by atoms with Crippen molar-refractivity contribution < 1.29 is 14.6 Å². The van der Waals surface area contributed by atoms with Crippen LogP contribution in [0.3, 0.4) is 0 Å². The first kappa shape index (κ1) is 15.3. The van der Waals surface area contributed by atoms with Crippen LogP contribution in [0.15, 0.2) is 59.7 Å². The van der Waals surface area contributed by atoms with E-state index in [4.69, 9.17) is 16.2 Å². The first-order valence-corrected chi connectivity index (χ1v) is 7.02. The van der Waals surface area contributed by atoms with E-state index in [1.807, 2.05) is 24.3 Å². The van der Waals surface area contributed by atoms with E-state index in [9.17, 15) is 9.90 Å². The van der Waals surface area contributed by atoms with E-state index in [0.717, 1.165) is 10.8 Å². The summed E-state index contributed by atoms with van der Waals surface area (Å²) in [4.78, 5) is 20.0. The van der Waals surface area contributed by atoms with Gasteiger partial charge < -0.3 is 21.3 Å². The van der Waals surface area contributed by atoms with E-state index in [1.54, 1.807) is 6.07 Å². The number of fused-ring (bicyclic) bond motifs is 1. The lowest BCUT2D eigenvalue weighted by Crippen LogP contribution is -2.22. The molecule has 0 bridgehead atoms. The topological polar surface area (TPSA) is 124 Å². The van der Waals surface area contributed by atoms with Crippen molar-refractivity contribution in [3.05, 3.63) is 60.3 Å². The standard InChI is InChI=1S/C17H14N4O3/c18-17(19)21-15-6-5-12(9-20-15)24-16(23)13-7-10-3-1-2-4-11(10)8-14(13)22/h1-9,22H,(H4,18,19,20,21). The Morgan fingerprint density at radius 3 is 2.42 bits per heavy atom. The Balaban J connectivity index is 1.84. The average Bonchev–Trinajstić information content (AvgIpc) is 2.55. The number of pyridine rings is 1. The van der Waals surface area contributed by atoms with Gasteiger partial charge in [0.25, 0.3) is 0 Å². The van der Waals surface area contributed by atoms with Gasteiger partial charge in [-0.3, -0.25) is 0 Å². The normalized spacial score (nSPS) is 10.3. The number of rotatable bonds is 3. The highest BCUT2D eigenvalue weighted by atomic mass is 16.5. The first-order chi connectivity index (χ1) is 11.5. The maximum Gasteiger partial charge on any atom is 0.347 e. The largest absolute Gasteiger partial charge is 0.507 e. The van der Waals surface area contributed by atoms with E-state index in [-0.39, 0.29) is 23.0 Å². The smallest absolute Gasteiger partial charge is 0.347 e. The predicted octanol–water partition coefficient (Wildman–Crippen LogP) is 2.06. The lowest BCUT2D eigenvalue weighted by molar-refractivity contribution is 0.0731. The minimum Gasteiger partial charge on any atom is -0.507 e. The van der Waals surface area contributed by atoms with Crippen LogP contribution in [0.2, 0.25) is 0 Å².